The van der Waals surface area contributed by atoms with Crippen LogP contribution in [-0.2, 0) is 11.2 Å². The number of aliphatic imine (C=N–C) groups is 1. The second kappa shape index (κ2) is 9.02. The average Bonchev–Trinajstić information content (AvgIpc) is 2.36. The van der Waals surface area contributed by atoms with E-state index in [1.54, 1.807) is 20.2 Å². The Labute approximate surface area is 124 Å². The molecule has 0 radical (unpaired) electrons. The summed E-state index contributed by atoms with van der Waals surface area (Å²) in [5, 5.41) is 7.67. The molecule has 0 fully saturated rings. The van der Waals surface area contributed by atoms with Crippen LogP contribution in [0.25, 0.3) is 0 Å². The van der Waals surface area contributed by atoms with Gasteiger partial charge in [0, 0.05) is 37.3 Å². The number of halogens is 2. The number of methoxy groups -OCH3 is 1. The molecule has 19 heavy (non-hydrogen) atoms. The zero-order chi connectivity index (χ0) is 14.1. The van der Waals surface area contributed by atoms with Crippen LogP contribution in [0.4, 0.5) is 0 Å². The highest BCUT2D eigenvalue weighted by atomic mass is 35.5. The smallest absolute Gasteiger partial charge is 0.191 e. The zero-order valence-electron chi connectivity index (χ0n) is 11.2. The van der Waals surface area contributed by atoms with Gasteiger partial charge in [-0.15, -0.1) is 0 Å². The maximum Gasteiger partial charge on any atom is 0.191 e. The van der Waals surface area contributed by atoms with Gasteiger partial charge in [-0.25, -0.2) is 0 Å². The number of hydrogen-bond donors (Lipinski definition) is 2. The van der Waals surface area contributed by atoms with Crippen molar-refractivity contribution < 1.29 is 4.74 Å². The minimum Gasteiger partial charge on any atom is -0.383 e. The van der Waals surface area contributed by atoms with E-state index >= 15 is 0 Å². The van der Waals surface area contributed by atoms with Gasteiger partial charge in [0.1, 0.15) is 0 Å². The van der Waals surface area contributed by atoms with Crippen LogP contribution in [0.5, 0.6) is 0 Å². The summed E-state index contributed by atoms with van der Waals surface area (Å²) in [6, 6.07) is 5.55. The summed E-state index contributed by atoms with van der Waals surface area (Å²) in [5.41, 5.74) is 1.09. The molecule has 0 aliphatic heterocycles. The lowest BCUT2D eigenvalue weighted by molar-refractivity contribution is 0.203. The quantitative estimate of drug-likeness (QED) is 0.482. The molecular formula is C13H19Cl2N3O. The molecule has 0 aliphatic carbocycles. The first-order chi connectivity index (χ1) is 9.15. The first-order valence-corrected chi connectivity index (χ1v) is 6.79. The van der Waals surface area contributed by atoms with Gasteiger partial charge in [-0.1, -0.05) is 23.2 Å². The van der Waals surface area contributed by atoms with E-state index in [2.05, 4.69) is 15.6 Å². The number of guanidine groups is 1. The topological polar surface area (TPSA) is 45.7 Å². The average molecular weight is 304 g/mol. The second-order valence-electron chi connectivity index (χ2n) is 3.95. The van der Waals surface area contributed by atoms with Gasteiger partial charge in [-0.2, -0.15) is 0 Å². The lowest BCUT2D eigenvalue weighted by atomic mass is 10.1. The Morgan fingerprint density at radius 2 is 1.79 bits per heavy atom. The van der Waals surface area contributed by atoms with Crippen LogP contribution in [0.15, 0.2) is 23.2 Å². The molecule has 1 aromatic rings. The van der Waals surface area contributed by atoms with E-state index in [0.717, 1.165) is 31.0 Å². The van der Waals surface area contributed by atoms with E-state index in [0.29, 0.717) is 16.7 Å². The molecule has 1 rings (SSSR count). The second-order valence-corrected chi connectivity index (χ2v) is 4.82. The standard InChI is InChI=1S/C13H19Cl2N3O/c1-16-13(18-5-6-19-2)17-4-3-10-7-11(14)9-12(15)8-10/h7-9H,3-6H2,1-2H3,(H2,16,17,18). The molecule has 1 aromatic carbocycles. The summed E-state index contributed by atoms with van der Waals surface area (Å²) in [5.74, 6) is 0.755. The molecule has 0 bridgehead atoms. The van der Waals surface area contributed by atoms with Crippen molar-refractivity contribution in [2.45, 2.75) is 6.42 Å². The maximum atomic E-state index is 5.95. The van der Waals surface area contributed by atoms with Gasteiger partial charge in [-0.3, -0.25) is 4.99 Å². The SMILES string of the molecule is CN=C(NCCOC)NCCc1cc(Cl)cc(Cl)c1. The van der Waals surface area contributed by atoms with E-state index < -0.39 is 0 Å². The van der Waals surface area contributed by atoms with Crippen molar-refractivity contribution in [1.29, 1.82) is 0 Å². The molecule has 4 nitrogen and oxygen atoms in total. The van der Waals surface area contributed by atoms with Gasteiger partial charge in [0.2, 0.25) is 0 Å². The van der Waals surface area contributed by atoms with E-state index in [-0.39, 0.29) is 0 Å². The van der Waals surface area contributed by atoms with Crippen LogP contribution in [0.1, 0.15) is 5.56 Å². The van der Waals surface area contributed by atoms with Crippen molar-refractivity contribution in [1.82, 2.24) is 10.6 Å². The molecule has 0 aliphatic rings. The molecule has 0 heterocycles. The minimum atomic E-state index is 0.643. The molecule has 0 spiro atoms. The lowest BCUT2D eigenvalue weighted by Gasteiger charge is -2.11. The highest BCUT2D eigenvalue weighted by Gasteiger charge is 2.00. The van der Waals surface area contributed by atoms with Crippen molar-refractivity contribution >= 4 is 29.2 Å². The summed E-state index contributed by atoms with van der Waals surface area (Å²) in [6.45, 7) is 2.12. The Hall–Kier alpha value is -0.970. The fourth-order valence-corrected chi connectivity index (χ4v) is 2.14. The molecule has 0 atom stereocenters. The molecular weight excluding hydrogens is 285 g/mol. The Morgan fingerprint density at radius 1 is 1.16 bits per heavy atom. The van der Waals surface area contributed by atoms with Crippen molar-refractivity contribution in [3.8, 4) is 0 Å². The third-order valence-corrected chi connectivity index (χ3v) is 2.89. The van der Waals surface area contributed by atoms with Gasteiger partial charge < -0.3 is 15.4 Å². The Bertz CT molecular complexity index is 404. The Balaban J connectivity index is 2.35. The first-order valence-electron chi connectivity index (χ1n) is 6.04. The van der Waals surface area contributed by atoms with Gasteiger partial charge in [0.15, 0.2) is 5.96 Å². The van der Waals surface area contributed by atoms with Crippen molar-refractivity contribution in [2.24, 2.45) is 4.99 Å². The normalized spacial score (nSPS) is 11.5. The van der Waals surface area contributed by atoms with Crippen LogP contribution in [-0.4, -0.2) is 39.8 Å². The van der Waals surface area contributed by atoms with E-state index in [4.69, 9.17) is 27.9 Å². The Kier molecular flexibility index (Phi) is 7.63. The Morgan fingerprint density at radius 3 is 2.37 bits per heavy atom. The summed E-state index contributed by atoms with van der Waals surface area (Å²) < 4.78 is 4.96. The summed E-state index contributed by atoms with van der Waals surface area (Å²) in [6.07, 6.45) is 0.825. The van der Waals surface area contributed by atoms with Crippen molar-refractivity contribution in [3.05, 3.63) is 33.8 Å². The number of benzene rings is 1. The molecule has 106 valence electrons. The molecule has 0 aromatic heterocycles. The van der Waals surface area contributed by atoms with Gasteiger partial charge in [-0.05, 0) is 30.2 Å². The van der Waals surface area contributed by atoms with Gasteiger partial charge in [0.05, 0.1) is 6.61 Å². The van der Waals surface area contributed by atoms with E-state index in [9.17, 15) is 0 Å². The van der Waals surface area contributed by atoms with Crippen molar-refractivity contribution in [3.63, 3.8) is 0 Å². The summed E-state index contributed by atoms with van der Waals surface area (Å²) in [7, 11) is 3.40. The predicted molar refractivity (Wildman–Crippen MR) is 81.4 cm³/mol. The summed E-state index contributed by atoms with van der Waals surface area (Å²) in [4.78, 5) is 4.11. The fraction of sp³-hybridized carbons (Fsp3) is 0.462. The maximum absolute atomic E-state index is 5.95. The molecule has 2 N–H and O–H groups in total. The van der Waals surface area contributed by atoms with Crippen molar-refractivity contribution in [2.75, 3.05) is 33.9 Å². The van der Waals surface area contributed by atoms with E-state index in [1.807, 2.05) is 12.1 Å². The number of nitrogens with zero attached hydrogens (tertiary/aromatic N) is 1. The highest BCUT2D eigenvalue weighted by molar-refractivity contribution is 6.34. The monoisotopic (exact) mass is 303 g/mol. The fourth-order valence-electron chi connectivity index (χ4n) is 1.57. The van der Waals surface area contributed by atoms with Crippen LogP contribution in [0, 0.1) is 0 Å². The summed E-state index contributed by atoms with van der Waals surface area (Å²) >= 11 is 11.9. The van der Waals surface area contributed by atoms with Crippen LogP contribution >= 0.6 is 23.2 Å². The van der Waals surface area contributed by atoms with Crippen LogP contribution in [0.2, 0.25) is 10.0 Å². The molecule has 0 saturated heterocycles. The number of hydrogen-bond acceptors (Lipinski definition) is 2. The van der Waals surface area contributed by atoms with Crippen LogP contribution < -0.4 is 10.6 Å². The third kappa shape index (κ3) is 6.66. The predicted octanol–water partition coefficient (Wildman–Crippen LogP) is 2.35. The largest absolute Gasteiger partial charge is 0.383 e. The number of nitrogens with one attached hydrogen (secondary N) is 2. The molecule has 0 amide bonds. The van der Waals surface area contributed by atoms with Crippen LogP contribution in [0.3, 0.4) is 0 Å². The molecule has 0 saturated carbocycles. The molecule has 0 unspecified atom stereocenters. The number of rotatable bonds is 6. The first kappa shape index (κ1) is 16.1. The minimum absolute atomic E-state index is 0.643. The number of ether oxygens (including phenoxy) is 1. The lowest BCUT2D eigenvalue weighted by Crippen LogP contribution is -2.39. The zero-order valence-corrected chi connectivity index (χ0v) is 12.7. The van der Waals surface area contributed by atoms with Gasteiger partial charge >= 0.3 is 0 Å². The molecule has 6 heteroatoms. The van der Waals surface area contributed by atoms with Gasteiger partial charge in [0.25, 0.3) is 0 Å². The highest BCUT2D eigenvalue weighted by Crippen LogP contribution is 2.19. The van der Waals surface area contributed by atoms with E-state index in [1.165, 1.54) is 0 Å². The third-order valence-electron chi connectivity index (χ3n) is 2.45.